The van der Waals surface area contributed by atoms with Gasteiger partial charge in [-0.15, -0.1) is 0 Å². The first kappa shape index (κ1) is 24.0. The van der Waals surface area contributed by atoms with Crippen LogP contribution in [0.15, 0.2) is 58.5 Å². The monoisotopic (exact) mass is 460 g/mol. The minimum atomic E-state index is -0.748. The fraction of sp³-hybridized carbons (Fsp3) is 0.464. The Labute approximate surface area is 202 Å². The van der Waals surface area contributed by atoms with Crippen molar-refractivity contribution in [3.8, 4) is 16.9 Å². The number of carbonyl (C=O) groups is 1. The summed E-state index contributed by atoms with van der Waals surface area (Å²) in [5.74, 6) is 1.72. The van der Waals surface area contributed by atoms with E-state index in [-0.39, 0.29) is 17.2 Å². The second-order valence-corrected chi connectivity index (χ2v) is 10.6. The largest absolute Gasteiger partial charge is 0.497 e. The average molecular weight is 461 g/mol. The highest BCUT2D eigenvalue weighted by molar-refractivity contribution is 6.41. The molecule has 180 valence electrons. The van der Waals surface area contributed by atoms with Gasteiger partial charge in [-0.05, 0) is 54.5 Å². The van der Waals surface area contributed by atoms with E-state index < -0.39 is 5.66 Å². The van der Waals surface area contributed by atoms with Crippen LogP contribution in [0.1, 0.15) is 52.5 Å². The molecule has 0 radical (unpaired) electrons. The Kier molecular flexibility index (Phi) is 6.52. The molecular weight excluding hydrogens is 424 g/mol. The molecule has 0 aromatic heterocycles. The molecule has 2 aromatic rings. The lowest BCUT2D eigenvalue weighted by molar-refractivity contribution is -0.134. The van der Waals surface area contributed by atoms with Crippen molar-refractivity contribution in [3.05, 3.63) is 54.1 Å². The number of benzene rings is 2. The van der Waals surface area contributed by atoms with Gasteiger partial charge in [0.15, 0.2) is 5.66 Å². The van der Waals surface area contributed by atoms with Crippen molar-refractivity contribution in [2.45, 2.75) is 52.6 Å². The molecule has 4 rings (SSSR count). The molecule has 0 bridgehead atoms. The van der Waals surface area contributed by atoms with Crippen LogP contribution in [0.4, 0.5) is 0 Å². The number of likely N-dealkylation sites (tertiary alicyclic amines) is 1. The number of carbonyl (C=O) groups excluding carboxylic acids is 1. The number of piperidine rings is 1. The highest BCUT2D eigenvalue weighted by atomic mass is 16.5. The highest BCUT2D eigenvalue weighted by Gasteiger charge is 2.45. The smallest absolute Gasteiger partial charge is 0.223 e. The predicted molar refractivity (Wildman–Crippen MR) is 138 cm³/mol. The second kappa shape index (κ2) is 9.24. The van der Waals surface area contributed by atoms with E-state index in [9.17, 15) is 4.79 Å². The van der Waals surface area contributed by atoms with E-state index in [2.05, 4.69) is 51.1 Å². The maximum Gasteiger partial charge on any atom is 0.223 e. The number of amides is 1. The van der Waals surface area contributed by atoms with Gasteiger partial charge in [0, 0.05) is 31.0 Å². The first-order valence-corrected chi connectivity index (χ1v) is 12.1. The molecule has 1 amide bonds. The fourth-order valence-electron chi connectivity index (χ4n) is 4.98. The van der Waals surface area contributed by atoms with Gasteiger partial charge in [0.05, 0.1) is 12.8 Å². The second-order valence-electron chi connectivity index (χ2n) is 10.6. The molecule has 2 aromatic carbocycles. The van der Waals surface area contributed by atoms with Gasteiger partial charge in [0.25, 0.3) is 0 Å². The normalized spacial score (nSPS) is 21.3. The summed E-state index contributed by atoms with van der Waals surface area (Å²) in [6.45, 7) is 9.69. The van der Waals surface area contributed by atoms with Gasteiger partial charge in [-0.25, -0.2) is 4.99 Å². The third kappa shape index (κ3) is 4.86. The Balaban J connectivity index is 1.64. The molecule has 2 N–H and O–H groups in total. The number of hydrogen-bond donors (Lipinski definition) is 1. The van der Waals surface area contributed by atoms with Crippen LogP contribution in [0.3, 0.4) is 0 Å². The lowest BCUT2D eigenvalue weighted by atomic mass is 9.79. The molecule has 0 saturated carbocycles. The van der Waals surface area contributed by atoms with Crippen LogP contribution in [0.2, 0.25) is 0 Å². The maximum atomic E-state index is 12.8. The topological polar surface area (TPSA) is 80.3 Å². The van der Waals surface area contributed by atoms with Gasteiger partial charge >= 0.3 is 0 Å². The Morgan fingerprint density at radius 2 is 1.74 bits per heavy atom. The number of rotatable bonds is 5. The lowest BCUT2D eigenvalue weighted by Crippen LogP contribution is -2.44. The molecule has 1 fully saturated rings. The third-order valence-corrected chi connectivity index (χ3v) is 6.79. The van der Waals surface area contributed by atoms with Crippen molar-refractivity contribution >= 4 is 17.5 Å². The summed E-state index contributed by atoms with van der Waals surface area (Å²) in [7, 11) is 1.68. The van der Waals surface area contributed by atoms with E-state index in [1.54, 1.807) is 7.11 Å². The molecule has 2 aliphatic heterocycles. The van der Waals surface area contributed by atoms with Crippen molar-refractivity contribution in [1.82, 2.24) is 4.90 Å². The Hall–Kier alpha value is -3.15. The van der Waals surface area contributed by atoms with Crippen LogP contribution in [0, 0.1) is 11.3 Å². The van der Waals surface area contributed by atoms with E-state index in [0.717, 1.165) is 54.1 Å². The molecule has 2 aliphatic rings. The summed E-state index contributed by atoms with van der Waals surface area (Å²) in [5.41, 5.74) is 9.48. The Bertz CT molecular complexity index is 1100. The number of nitrogens with two attached hydrogens (primary N) is 1. The van der Waals surface area contributed by atoms with Crippen LogP contribution < -0.4 is 10.5 Å². The van der Waals surface area contributed by atoms with Crippen molar-refractivity contribution in [2.24, 2.45) is 27.1 Å². The van der Waals surface area contributed by atoms with Gasteiger partial charge in [-0.2, -0.15) is 0 Å². The number of amidine groups is 1. The van der Waals surface area contributed by atoms with Crippen LogP contribution in [-0.4, -0.2) is 42.6 Å². The number of ether oxygens (including phenoxy) is 1. The zero-order valence-electron chi connectivity index (χ0n) is 21.0. The number of aliphatic imine (C=N–C) groups is 2. The van der Waals surface area contributed by atoms with E-state index in [4.69, 9.17) is 20.5 Å². The Morgan fingerprint density at radius 1 is 1.09 bits per heavy atom. The van der Waals surface area contributed by atoms with Gasteiger partial charge in [0.2, 0.25) is 5.91 Å². The maximum absolute atomic E-state index is 12.8. The van der Waals surface area contributed by atoms with Crippen LogP contribution in [-0.2, 0) is 10.5 Å². The zero-order valence-corrected chi connectivity index (χ0v) is 21.0. The number of hydrogen-bond acceptors (Lipinski definition) is 5. The average Bonchev–Trinajstić information content (AvgIpc) is 3.13. The predicted octanol–water partition coefficient (Wildman–Crippen LogP) is 5.02. The molecule has 1 atom stereocenters. The van der Waals surface area contributed by atoms with Crippen LogP contribution >= 0.6 is 0 Å². The fourth-order valence-corrected chi connectivity index (χ4v) is 4.98. The third-order valence-electron chi connectivity index (χ3n) is 6.79. The minimum absolute atomic E-state index is 0.0126. The molecule has 0 spiro atoms. The molecule has 34 heavy (non-hydrogen) atoms. The summed E-state index contributed by atoms with van der Waals surface area (Å²) in [4.78, 5) is 24.8. The Morgan fingerprint density at radius 3 is 2.32 bits per heavy atom. The zero-order chi connectivity index (χ0) is 24.5. The van der Waals surface area contributed by atoms with Crippen molar-refractivity contribution in [2.75, 3.05) is 20.2 Å². The van der Waals surface area contributed by atoms with Crippen LogP contribution in [0.5, 0.6) is 5.75 Å². The van der Waals surface area contributed by atoms with E-state index in [1.807, 2.05) is 30.0 Å². The summed E-state index contributed by atoms with van der Waals surface area (Å²) in [6, 6.07) is 16.5. The number of methoxy groups -OCH3 is 1. The molecule has 6 heteroatoms. The molecular formula is C28H36N4O2. The molecule has 1 saturated heterocycles. The van der Waals surface area contributed by atoms with Crippen molar-refractivity contribution in [3.63, 3.8) is 0 Å². The number of nitrogens with zero attached hydrogens (tertiary/aromatic N) is 3. The standard InChI is InChI=1S/C28H36N4O2/c1-19-26(29)31-28(30-19,22-12-14-32(15-13-22)25(33)18-27(2,3)4)23-10-6-8-20(16-23)21-9-7-11-24(17-21)34-5/h6-11,16-17,22H,12-15,18H2,1-5H3,(H2,29,31). The first-order chi connectivity index (χ1) is 16.1. The lowest BCUT2D eigenvalue weighted by Gasteiger charge is -2.40. The summed E-state index contributed by atoms with van der Waals surface area (Å²) in [6.07, 6.45) is 2.24. The van der Waals surface area contributed by atoms with Gasteiger partial charge in [-0.1, -0.05) is 51.1 Å². The van der Waals surface area contributed by atoms with Gasteiger partial charge < -0.3 is 15.4 Å². The first-order valence-electron chi connectivity index (χ1n) is 12.1. The van der Waals surface area contributed by atoms with Crippen molar-refractivity contribution in [1.29, 1.82) is 0 Å². The van der Waals surface area contributed by atoms with Gasteiger partial charge in [-0.3, -0.25) is 9.79 Å². The summed E-state index contributed by atoms with van der Waals surface area (Å²) >= 11 is 0. The van der Waals surface area contributed by atoms with E-state index in [0.29, 0.717) is 12.3 Å². The highest BCUT2D eigenvalue weighted by Crippen LogP contribution is 2.45. The SMILES string of the molecule is COc1cccc(-c2cccc(C3(C4CCN(C(=O)CC(C)(C)C)CC4)N=C(C)C(N)=N3)c2)c1. The summed E-state index contributed by atoms with van der Waals surface area (Å²) < 4.78 is 5.42. The van der Waals surface area contributed by atoms with Gasteiger partial charge in [0.1, 0.15) is 11.6 Å². The molecule has 2 heterocycles. The van der Waals surface area contributed by atoms with Crippen molar-refractivity contribution < 1.29 is 9.53 Å². The summed E-state index contributed by atoms with van der Waals surface area (Å²) in [5, 5.41) is 0. The molecule has 1 unspecified atom stereocenters. The molecule has 0 aliphatic carbocycles. The van der Waals surface area contributed by atoms with E-state index in [1.165, 1.54) is 0 Å². The quantitative estimate of drug-likeness (QED) is 0.680. The van der Waals surface area contributed by atoms with Crippen LogP contribution in [0.25, 0.3) is 11.1 Å². The molecule has 6 nitrogen and oxygen atoms in total. The van der Waals surface area contributed by atoms with E-state index >= 15 is 0 Å². The minimum Gasteiger partial charge on any atom is -0.497 e.